The second kappa shape index (κ2) is 7.58. The molecule has 3 aromatic rings. The van der Waals surface area contributed by atoms with Crippen LogP contribution in [0.4, 0.5) is 0 Å². The molecule has 0 N–H and O–H groups in total. The molecule has 152 valence electrons. The van der Waals surface area contributed by atoms with Crippen molar-refractivity contribution in [2.45, 2.75) is 18.7 Å². The summed E-state index contributed by atoms with van der Waals surface area (Å²) < 4.78 is 17.1. The first-order valence-corrected chi connectivity index (χ1v) is 10.1. The molecular formula is C24H21ClN2O3. The van der Waals surface area contributed by atoms with Gasteiger partial charge in [-0.1, -0.05) is 23.7 Å². The highest BCUT2D eigenvalue weighted by Gasteiger charge is 2.41. The SMILES string of the molecule is COc1ccc(C2Oc3ccc(Cl)cc3C3CC(c4cccc(OC)c4)=NN32)cc1. The van der Waals surface area contributed by atoms with Gasteiger partial charge in [0, 0.05) is 28.1 Å². The van der Waals surface area contributed by atoms with Gasteiger partial charge in [-0.05, 0) is 54.6 Å². The lowest BCUT2D eigenvalue weighted by Gasteiger charge is -2.38. The summed E-state index contributed by atoms with van der Waals surface area (Å²) in [7, 11) is 3.33. The summed E-state index contributed by atoms with van der Waals surface area (Å²) in [5.41, 5.74) is 4.10. The van der Waals surface area contributed by atoms with E-state index in [2.05, 4.69) is 6.07 Å². The maximum atomic E-state index is 6.38. The van der Waals surface area contributed by atoms with E-state index in [1.54, 1.807) is 14.2 Å². The second-order valence-electron chi connectivity index (χ2n) is 7.30. The van der Waals surface area contributed by atoms with Gasteiger partial charge in [0.25, 0.3) is 0 Å². The van der Waals surface area contributed by atoms with Crippen LogP contribution in [0.15, 0.2) is 71.8 Å². The Morgan fingerprint density at radius 3 is 2.53 bits per heavy atom. The first kappa shape index (κ1) is 18.8. The van der Waals surface area contributed by atoms with Gasteiger partial charge in [-0.15, -0.1) is 0 Å². The monoisotopic (exact) mass is 420 g/mol. The quantitative estimate of drug-likeness (QED) is 0.551. The molecule has 0 radical (unpaired) electrons. The predicted molar refractivity (Wildman–Crippen MR) is 117 cm³/mol. The number of ether oxygens (including phenoxy) is 3. The first-order chi connectivity index (χ1) is 14.7. The summed E-state index contributed by atoms with van der Waals surface area (Å²) in [6.07, 6.45) is 0.425. The van der Waals surface area contributed by atoms with E-state index >= 15 is 0 Å². The lowest BCUT2D eigenvalue weighted by Crippen LogP contribution is -2.33. The Morgan fingerprint density at radius 2 is 1.77 bits per heavy atom. The minimum atomic E-state index is -0.335. The maximum Gasteiger partial charge on any atom is 0.213 e. The van der Waals surface area contributed by atoms with E-state index in [0.717, 1.165) is 46.1 Å². The molecule has 3 aromatic carbocycles. The fourth-order valence-corrected chi connectivity index (χ4v) is 4.20. The predicted octanol–water partition coefficient (Wildman–Crippen LogP) is 5.60. The molecule has 6 heteroatoms. The molecule has 0 aromatic heterocycles. The lowest BCUT2D eigenvalue weighted by atomic mass is 9.96. The van der Waals surface area contributed by atoms with Crippen LogP contribution in [-0.4, -0.2) is 24.9 Å². The summed E-state index contributed by atoms with van der Waals surface area (Å²) in [4.78, 5) is 0. The molecule has 5 rings (SSSR count). The van der Waals surface area contributed by atoms with Gasteiger partial charge >= 0.3 is 0 Å². The maximum absolute atomic E-state index is 6.38. The van der Waals surface area contributed by atoms with Crippen molar-refractivity contribution in [1.82, 2.24) is 5.01 Å². The van der Waals surface area contributed by atoms with Gasteiger partial charge in [0.2, 0.25) is 6.23 Å². The summed E-state index contributed by atoms with van der Waals surface area (Å²) in [6, 6.07) is 21.7. The lowest BCUT2D eigenvalue weighted by molar-refractivity contribution is -0.0190. The molecule has 2 aliphatic heterocycles. The van der Waals surface area contributed by atoms with Crippen molar-refractivity contribution in [3.05, 3.63) is 88.4 Å². The van der Waals surface area contributed by atoms with Crippen molar-refractivity contribution in [1.29, 1.82) is 0 Å². The zero-order chi connectivity index (χ0) is 20.7. The highest BCUT2D eigenvalue weighted by molar-refractivity contribution is 6.30. The van der Waals surface area contributed by atoms with Crippen molar-refractivity contribution in [3.63, 3.8) is 0 Å². The smallest absolute Gasteiger partial charge is 0.213 e. The fourth-order valence-electron chi connectivity index (χ4n) is 4.02. The number of benzene rings is 3. The molecule has 0 amide bonds. The topological polar surface area (TPSA) is 43.3 Å². The molecule has 5 nitrogen and oxygen atoms in total. The Kier molecular flexibility index (Phi) is 4.75. The molecule has 0 saturated carbocycles. The number of methoxy groups -OCH3 is 2. The molecule has 0 fully saturated rings. The minimum Gasteiger partial charge on any atom is -0.497 e. The molecule has 0 spiro atoms. The molecule has 0 aliphatic carbocycles. The van der Waals surface area contributed by atoms with Crippen molar-refractivity contribution in [2.24, 2.45) is 5.10 Å². The highest BCUT2D eigenvalue weighted by Crippen LogP contribution is 2.48. The van der Waals surface area contributed by atoms with Gasteiger partial charge in [0.1, 0.15) is 17.2 Å². The molecule has 2 atom stereocenters. The molecule has 2 unspecified atom stereocenters. The van der Waals surface area contributed by atoms with Crippen molar-refractivity contribution < 1.29 is 14.2 Å². The Labute approximate surface area is 180 Å². The van der Waals surface area contributed by atoms with E-state index in [-0.39, 0.29) is 12.3 Å². The average Bonchev–Trinajstić information content (AvgIpc) is 3.25. The normalized spacial score (nSPS) is 19.4. The number of hydrogen-bond acceptors (Lipinski definition) is 5. The van der Waals surface area contributed by atoms with Crippen LogP contribution in [0.25, 0.3) is 0 Å². The third-order valence-electron chi connectivity index (χ3n) is 5.56. The number of rotatable bonds is 4. The standard InChI is InChI=1S/C24H21ClN2O3/c1-28-18-9-6-15(7-10-18)24-27-22(20-13-17(25)8-11-23(20)30-24)14-21(26-27)16-4-3-5-19(12-16)29-2/h3-13,22,24H,14H2,1-2H3. The fraction of sp³-hybridized carbons (Fsp3) is 0.208. The van der Waals surface area contributed by atoms with Crippen LogP contribution in [0.3, 0.4) is 0 Å². The van der Waals surface area contributed by atoms with Gasteiger partial charge in [-0.3, -0.25) is 0 Å². The largest absolute Gasteiger partial charge is 0.497 e. The Hall–Kier alpha value is -3.18. The molecular weight excluding hydrogens is 400 g/mol. The molecule has 30 heavy (non-hydrogen) atoms. The van der Waals surface area contributed by atoms with E-state index in [1.807, 2.05) is 65.7 Å². The minimum absolute atomic E-state index is 0.0424. The Bertz CT molecular complexity index is 1110. The van der Waals surface area contributed by atoms with Gasteiger partial charge in [0.05, 0.1) is 26.0 Å². The van der Waals surface area contributed by atoms with Gasteiger partial charge in [-0.2, -0.15) is 5.10 Å². The molecule has 2 heterocycles. The van der Waals surface area contributed by atoms with E-state index in [1.165, 1.54) is 0 Å². The van der Waals surface area contributed by atoms with Crippen LogP contribution in [0.5, 0.6) is 17.2 Å². The van der Waals surface area contributed by atoms with E-state index in [4.69, 9.17) is 30.9 Å². The number of hydrazone groups is 1. The van der Waals surface area contributed by atoms with Crippen LogP contribution >= 0.6 is 11.6 Å². The molecule has 0 bridgehead atoms. The van der Waals surface area contributed by atoms with Crippen LogP contribution in [-0.2, 0) is 0 Å². The van der Waals surface area contributed by atoms with Crippen LogP contribution in [0.1, 0.15) is 35.4 Å². The Morgan fingerprint density at radius 1 is 0.967 bits per heavy atom. The van der Waals surface area contributed by atoms with E-state index in [9.17, 15) is 0 Å². The van der Waals surface area contributed by atoms with Crippen LogP contribution in [0.2, 0.25) is 5.02 Å². The van der Waals surface area contributed by atoms with Crippen LogP contribution < -0.4 is 14.2 Å². The zero-order valence-corrected chi connectivity index (χ0v) is 17.5. The van der Waals surface area contributed by atoms with Gasteiger partial charge < -0.3 is 14.2 Å². The van der Waals surface area contributed by atoms with Crippen molar-refractivity contribution >= 4 is 17.3 Å². The van der Waals surface area contributed by atoms with Crippen LogP contribution in [0, 0.1) is 0 Å². The van der Waals surface area contributed by atoms with Crippen molar-refractivity contribution in [2.75, 3.05) is 14.2 Å². The number of nitrogens with zero attached hydrogens (tertiary/aromatic N) is 2. The first-order valence-electron chi connectivity index (χ1n) is 9.76. The summed E-state index contributed by atoms with van der Waals surface area (Å²) >= 11 is 6.30. The van der Waals surface area contributed by atoms with Crippen molar-refractivity contribution in [3.8, 4) is 17.2 Å². The van der Waals surface area contributed by atoms with E-state index in [0.29, 0.717) is 5.02 Å². The summed E-state index contributed by atoms with van der Waals surface area (Å²) in [5, 5.41) is 7.71. The summed E-state index contributed by atoms with van der Waals surface area (Å²) in [6.45, 7) is 0. The Balaban J connectivity index is 1.58. The molecule has 0 saturated heterocycles. The zero-order valence-electron chi connectivity index (χ0n) is 16.7. The number of fused-ring (bicyclic) bond motifs is 3. The second-order valence-corrected chi connectivity index (χ2v) is 7.74. The van der Waals surface area contributed by atoms with Gasteiger partial charge in [-0.25, -0.2) is 5.01 Å². The average molecular weight is 421 g/mol. The van der Waals surface area contributed by atoms with E-state index < -0.39 is 0 Å². The third-order valence-corrected chi connectivity index (χ3v) is 5.79. The third kappa shape index (κ3) is 3.25. The number of halogens is 1. The number of hydrogen-bond donors (Lipinski definition) is 0. The summed E-state index contributed by atoms with van der Waals surface area (Å²) in [5.74, 6) is 2.45. The van der Waals surface area contributed by atoms with Gasteiger partial charge in [0.15, 0.2) is 0 Å². The molecule has 2 aliphatic rings. The highest BCUT2D eigenvalue weighted by atomic mass is 35.5.